The van der Waals surface area contributed by atoms with Crippen LogP contribution in [-0.4, -0.2) is 22.9 Å². The van der Waals surface area contributed by atoms with E-state index in [1.807, 2.05) is 6.92 Å². The van der Waals surface area contributed by atoms with Crippen LogP contribution < -0.4 is 15.4 Å². The van der Waals surface area contributed by atoms with Crippen molar-refractivity contribution in [1.82, 2.24) is 5.32 Å². The van der Waals surface area contributed by atoms with Gasteiger partial charge in [0.05, 0.1) is 5.92 Å². The molecule has 2 aliphatic heterocycles. The Morgan fingerprint density at radius 1 is 1.15 bits per heavy atom. The van der Waals surface area contributed by atoms with Crippen molar-refractivity contribution in [3.63, 3.8) is 0 Å². The quantitative estimate of drug-likeness (QED) is 0.370. The fraction of sp³-hybridized carbons (Fsp3) is 0.240. The molecule has 2 N–H and O–H groups in total. The smallest absolute Gasteiger partial charge is 0.256 e. The lowest BCUT2D eigenvalue weighted by molar-refractivity contribution is -0.532. The van der Waals surface area contributed by atoms with E-state index in [1.165, 1.54) is 12.1 Å². The van der Waals surface area contributed by atoms with E-state index in [0.29, 0.717) is 22.6 Å². The fourth-order valence-electron chi connectivity index (χ4n) is 5.17. The zero-order chi connectivity index (χ0) is 24.0. The van der Waals surface area contributed by atoms with Crippen LogP contribution in [0.15, 0.2) is 71.2 Å². The van der Waals surface area contributed by atoms with E-state index in [9.17, 15) is 19.3 Å². The van der Waals surface area contributed by atoms with E-state index in [-0.39, 0.29) is 17.3 Å². The Hall–Kier alpha value is -3.30. The number of ether oxygens (including phenoxy) is 1. The Morgan fingerprint density at radius 2 is 1.88 bits per heavy atom. The third kappa shape index (κ3) is 3.56. The first kappa shape index (κ1) is 22.5. The van der Waals surface area contributed by atoms with E-state index in [0.717, 1.165) is 10.0 Å². The van der Waals surface area contributed by atoms with Crippen molar-refractivity contribution >= 4 is 27.5 Å². The Kier molecular flexibility index (Phi) is 5.61. The predicted molar refractivity (Wildman–Crippen MR) is 128 cm³/mol. The first-order valence-electron chi connectivity index (χ1n) is 10.8. The minimum absolute atomic E-state index is 0.168. The minimum Gasteiger partial charge on any atom is -0.489 e. The van der Waals surface area contributed by atoms with Crippen molar-refractivity contribution in [3.05, 3.63) is 104 Å². The first-order valence-corrected chi connectivity index (χ1v) is 11.6. The van der Waals surface area contributed by atoms with Crippen molar-refractivity contribution in [2.45, 2.75) is 37.1 Å². The molecule has 174 valence electrons. The van der Waals surface area contributed by atoms with Gasteiger partial charge in [-0.1, -0.05) is 46.3 Å². The van der Waals surface area contributed by atoms with Gasteiger partial charge in [-0.25, -0.2) is 4.39 Å². The number of nitrogens with zero attached hydrogens (tertiary/aromatic N) is 1. The van der Waals surface area contributed by atoms with Gasteiger partial charge >= 0.3 is 0 Å². The number of rotatable bonds is 5. The molecule has 7 nitrogen and oxygen atoms in total. The molecule has 0 radical (unpaired) electrons. The molecule has 9 heteroatoms. The highest BCUT2D eigenvalue weighted by atomic mass is 79.9. The summed E-state index contributed by atoms with van der Waals surface area (Å²) >= 11 is 3.47. The third-order valence-electron chi connectivity index (χ3n) is 6.60. The topological polar surface area (TPSA) is 93.5 Å². The zero-order valence-corrected chi connectivity index (χ0v) is 19.7. The molecule has 0 bridgehead atoms. The number of halogens is 2. The van der Waals surface area contributed by atoms with E-state index in [1.54, 1.807) is 54.6 Å². The number of hydrogen-bond donors (Lipinski definition) is 2. The second kappa shape index (κ2) is 8.48. The van der Waals surface area contributed by atoms with Crippen LogP contribution in [0.4, 0.5) is 10.1 Å². The van der Waals surface area contributed by atoms with Gasteiger partial charge in [0.1, 0.15) is 18.2 Å². The molecule has 0 unspecified atom stereocenters. The molecule has 0 saturated carbocycles. The molecule has 2 aliphatic rings. The maximum absolute atomic E-state index is 13.3. The van der Waals surface area contributed by atoms with Gasteiger partial charge in [0.2, 0.25) is 0 Å². The molecule has 1 spiro atoms. The van der Waals surface area contributed by atoms with Crippen LogP contribution in [0.2, 0.25) is 0 Å². The molecule has 1 fully saturated rings. The molecular weight excluding hydrogens is 505 g/mol. The van der Waals surface area contributed by atoms with Gasteiger partial charge < -0.3 is 10.1 Å². The Bertz CT molecular complexity index is 1290. The van der Waals surface area contributed by atoms with Gasteiger partial charge in [0.25, 0.3) is 11.9 Å². The molecule has 0 aliphatic carbocycles. The zero-order valence-electron chi connectivity index (χ0n) is 18.1. The monoisotopic (exact) mass is 525 g/mol. The third-order valence-corrected chi connectivity index (χ3v) is 7.10. The number of carbonyl (C=O) groups excluding carboxylic acids is 1. The van der Waals surface area contributed by atoms with Crippen LogP contribution in [0.25, 0.3) is 0 Å². The number of anilines is 1. The number of nitrogens with one attached hydrogen (secondary N) is 2. The lowest BCUT2D eigenvalue weighted by Crippen LogP contribution is -2.54. The molecule has 3 aromatic rings. The van der Waals surface area contributed by atoms with Crippen LogP contribution in [0.1, 0.15) is 29.5 Å². The standard InChI is InChI=1S/C25H21BrFN3O4/c1-14-22(18-12-16(26)8-11-21(18)34-13-15-6-9-17(27)10-7-15)23(30(32)33)25(29-14)19-4-2-3-5-20(19)28-24(25)31/h2-12,14,22-23,29H,13H2,1H3,(H,28,31)/t14-,22+,23+,25-/m0/s1. The fourth-order valence-corrected chi connectivity index (χ4v) is 5.55. The Balaban J connectivity index is 1.57. The summed E-state index contributed by atoms with van der Waals surface area (Å²) in [6.45, 7) is 2.01. The maximum atomic E-state index is 13.3. The van der Waals surface area contributed by atoms with Gasteiger partial charge in [0, 0.05) is 32.3 Å². The normalized spacial score (nSPS) is 25.3. The SMILES string of the molecule is C[C@@H]1N[C@]2(C(=O)Nc3ccccc32)[C@H]([N+](=O)[O-])[C@H]1c1cc(Br)ccc1OCc1ccc(F)cc1. The first-order chi connectivity index (χ1) is 16.3. The van der Waals surface area contributed by atoms with Crippen molar-refractivity contribution in [1.29, 1.82) is 0 Å². The average molecular weight is 526 g/mol. The van der Waals surface area contributed by atoms with Crippen LogP contribution >= 0.6 is 15.9 Å². The van der Waals surface area contributed by atoms with E-state index in [4.69, 9.17) is 4.74 Å². The summed E-state index contributed by atoms with van der Waals surface area (Å²) in [6, 6.07) is 16.7. The highest BCUT2D eigenvalue weighted by Crippen LogP contribution is 2.51. The van der Waals surface area contributed by atoms with Gasteiger partial charge in [-0.15, -0.1) is 0 Å². The number of carbonyl (C=O) groups is 1. The van der Waals surface area contributed by atoms with Crippen LogP contribution in [0.5, 0.6) is 5.75 Å². The summed E-state index contributed by atoms with van der Waals surface area (Å²) in [7, 11) is 0. The number of amides is 1. The summed E-state index contributed by atoms with van der Waals surface area (Å²) in [5, 5.41) is 18.6. The van der Waals surface area contributed by atoms with E-state index in [2.05, 4.69) is 26.6 Å². The predicted octanol–water partition coefficient (Wildman–Crippen LogP) is 4.74. The summed E-state index contributed by atoms with van der Waals surface area (Å²) < 4.78 is 20.1. The van der Waals surface area contributed by atoms with Gasteiger partial charge in [0.15, 0.2) is 5.54 Å². The molecular formula is C25H21BrFN3O4. The molecule has 0 aromatic heterocycles. The minimum atomic E-state index is -1.50. The average Bonchev–Trinajstić information content (AvgIpc) is 3.27. The summed E-state index contributed by atoms with van der Waals surface area (Å²) in [6.07, 6.45) is 0. The second-order valence-corrected chi connectivity index (χ2v) is 9.51. The number of hydrogen-bond acceptors (Lipinski definition) is 5. The van der Waals surface area contributed by atoms with Crippen molar-refractivity contribution < 1.29 is 18.8 Å². The molecule has 3 aromatic carbocycles. The van der Waals surface area contributed by atoms with Crippen molar-refractivity contribution in [2.24, 2.45) is 0 Å². The number of para-hydroxylation sites is 1. The van der Waals surface area contributed by atoms with Crippen LogP contribution in [0, 0.1) is 15.9 Å². The maximum Gasteiger partial charge on any atom is 0.256 e. The summed E-state index contributed by atoms with van der Waals surface area (Å²) in [5.74, 6) is -0.962. The van der Waals surface area contributed by atoms with E-state index >= 15 is 0 Å². The second-order valence-electron chi connectivity index (χ2n) is 8.59. The van der Waals surface area contributed by atoms with Crippen molar-refractivity contribution in [3.8, 4) is 5.75 Å². The Morgan fingerprint density at radius 3 is 2.62 bits per heavy atom. The molecule has 34 heavy (non-hydrogen) atoms. The summed E-state index contributed by atoms with van der Waals surface area (Å²) in [5.41, 5.74) is 1.02. The molecule has 2 heterocycles. The van der Waals surface area contributed by atoms with Gasteiger partial charge in [-0.05, 0) is 48.9 Å². The number of benzene rings is 3. The van der Waals surface area contributed by atoms with Crippen molar-refractivity contribution in [2.75, 3.05) is 5.32 Å². The highest BCUT2D eigenvalue weighted by Gasteiger charge is 2.68. The number of fused-ring (bicyclic) bond motifs is 2. The lowest BCUT2D eigenvalue weighted by atomic mass is 9.78. The molecule has 4 atom stereocenters. The Labute approximate surface area is 203 Å². The van der Waals surface area contributed by atoms with Crippen LogP contribution in [0.3, 0.4) is 0 Å². The van der Waals surface area contributed by atoms with E-state index < -0.39 is 29.4 Å². The molecule has 5 rings (SSSR count). The molecule has 1 amide bonds. The number of nitro groups is 1. The lowest BCUT2D eigenvalue weighted by Gasteiger charge is -2.26. The summed E-state index contributed by atoms with van der Waals surface area (Å²) in [4.78, 5) is 25.4. The van der Waals surface area contributed by atoms with Crippen LogP contribution in [-0.2, 0) is 16.9 Å². The van der Waals surface area contributed by atoms with Gasteiger partial charge in [-0.3, -0.25) is 20.2 Å². The van der Waals surface area contributed by atoms with Gasteiger partial charge in [-0.2, -0.15) is 0 Å². The molecule has 1 saturated heterocycles. The highest BCUT2D eigenvalue weighted by molar-refractivity contribution is 9.10. The largest absolute Gasteiger partial charge is 0.489 e.